The van der Waals surface area contributed by atoms with Gasteiger partial charge < -0.3 is 24.1 Å². The number of fused-ring (bicyclic) bond motifs is 1. The molecule has 1 atom stereocenters. The summed E-state index contributed by atoms with van der Waals surface area (Å²) in [5.41, 5.74) is -0.891. The summed E-state index contributed by atoms with van der Waals surface area (Å²) in [6.45, 7) is 4.10. The average molecular weight is 532 g/mol. The van der Waals surface area contributed by atoms with E-state index in [2.05, 4.69) is 26.9 Å². The van der Waals surface area contributed by atoms with E-state index in [-0.39, 0.29) is 25.6 Å². The second-order valence-corrected chi connectivity index (χ2v) is 7.47. The van der Waals surface area contributed by atoms with Gasteiger partial charge in [0.15, 0.2) is 17.5 Å². The van der Waals surface area contributed by atoms with Crippen LogP contribution in [0.4, 0.5) is 17.6 Å². The molecule has 16 heteroatoms. The Labute approximate surface area is 207 Å². The maximum atomic E-state index is 15.7. The number of ether oxygens (including phenoxy) is 4. The SMILES string of the molecule is C=C[C@H](Oc1nc(-n2nc(CO)n(CC)c2=O)c(F)c2cnnc(OC(COC)COC)c12)C(F)(F)F. The Morgan fingerprint density at radius 3 is 2.38 bits per heavy atom. The molecule has 0 bridgehead atoms. The van der Waals surface area contributed by atoms with Crippen molar-refractivity contribution in [1.82, 2.24) is 29.5 Å². The molecule has 3 heterocycles. The van der Waals surface area contributed by atoms with E-state index < -0.39 is 64.8 Å². The van der Waals surface area contributed by atoms with Gasteiger partial charge in [0.25, 0.3) is 0 Å². The smallest absolute Gasteiger partial charge is 0.429 e. The second kappa shape index (κ2) is 11.6. The monoisotopic (exact) mass is 532 g/mol. The van der Waals surface area contributed by atoms with Crippen molar-refractivity contribution in [3.05, 3.63) is 41.0 Å². The highest BCUT2D eigenvalue weighted by molar-refractivity contribution is 5.92. The molecule has 0 fully saturated rings. The van der Waals surface area contributed by atoms with Crippen LogP contribution < -0.4 is 15.2 Å². The lowest BCUT2D eigenvalue weighted by Crippen LogP contribution is -2.33. The number of nitrogens with zero attached hydrogens (tertiary/aromatic N) is 6. The first-order chi connectivity index (χ1) is 17.6. The van der Waals surface area contributed by atoms with Gasteiger partial charge in [0.1, 0.15) is 18.1 Å². The Morgan fingerprint density at radius 2 is 1.86 bits per heavy atom. The summed E-state index contributed by atoms with van der Waals surface area (Å²) < 4.78 is 78.8. The van der Waals surface area contributed by atoms with Gasteiger partial charge in [0.2, 0.25) is 17.9 Å². The van der Waals surface area contributed by atoms with Crippen LogP contribution >= 0.6 is 0 Å². The number of aliphatic hydroxyl groups is 1. The summed E-state index contributed by atoms with van der Waals surface area (Å²) in [6, 6.07) is 0. The lowest BCUT2D eigenvalue weighted by Gasteiger charge is -2.21. The highest BCUT2D eigenvalue weighted by Crippen LogP contribution is 2.37. The van der Waals surface area contributed by atoms with Crippen molar-refractivity contribution in [2.75, 3.05) is 27.4 Å². The van der Waals surface area contributed by atoms with Gasteiger partial charge in [-0.3, -0.25) is 4.57 Å². The fourth-order valence-corrected chi connectivity index (χ4v) is 3.40. The molecule has 0 radical (unpaired) electrons. The number of hydrogen-bond donors (Lipinski definition) is 1. The summed E-state index contributed by atoms with van der Waals surface area (Å²) in [5.74, 6) is -3.28. The summed E-state index contributed by atoms with van der Waals surface area (Å²) in [6.07, 6.45) is -6.90. The zero-order chi connectivity index (χ0) is 27.3. The molecule has 3 rings (SSSR count). The van der Waals surface area contributed by atoms with E-state index in [1.54, 1.807) is 6.92 Å². The minimum absolute atomic E-state index is 0.0122. The third-order valence-electron chi connectivity index (χ3n) is 5.03. The van der Waals surface area contributed by atoms with Gasteiger partial charge in [-0.25, -0.2) is 9.18 Å². The first-order valence-corrected chi connectivity index (χ1v) is 10.8. The molecule has 0 spiro atoms. The molecule has 0 saturated heterocycles. The highest BCUT2D eigenvalue weighted by Gasteiger charge is 2.41. The van der Waals surface area contributed by atoms with E-state index in [1.165, 1.54) is 14.2 Å². The topological polar surface area (TPSA) is 136 Å². The van der Waals surface area contributed by atoms with E-state index in [9.17, 15) is 23.1 Å². The second-order valence-electron chi connectivity index (χ2n) is 7.47. The molecule has 0 unspecified atom stereocenters. The van der Waals surface area contributed by atoms with Gasteiger partial charge in [-0.05, 0) is 13.0 Å². The maximum absolute atomic E-state index is 15.7. The van der Waals surface area contributed by atoms with Crippen LogP contribution in [-0.2, 0) is 22.6 Å². The Hall–Kier alpha value is -3.63. The highest BCUT2D eigenvalue weighted by atomic mass is 19.4. The molecule has 0 amide bonds. The summed E-state index contributed by atoms with van der Waals surface area (Å²) in [7, 11) is 2.77. The first kappa shape index (κ1) is 27.9. The molecule has 0 saturated carbocycles. The third kappa shape index (κ3) is 5.70. The Bertz CT molecular complexity index is 1310. The zero-order valence-electron chi connectivity index (χ0n) is 20.0. The lowest BCUT2D eigenvalue weighted by molar-refractivity contribution is -0.180. The third-order valence-corrected chi connectivity index (χ3v) is 5.03. The van der Waals surface area contributed by atoms with Crippen LogP contribution in [-0.4, -0.2) is 80.5 Å². The van der Waals surface area contributed by atoms with Crippen LogP contribution in [0, 0.1) is 5.82 Å². The number of aromatic nitrogens is 6. The molecule has 37 heavy (non-hydrogen) atoms. The standard InChI is InChI=1S/C21H24F4N6O6/c1-5-13(21(23,24)25)37-18-15-12(7-26-28-19(15)36-11(9-34-3)10-35-4)16(22)17(27-18)31-20(33)30(6-2)14(8-32)29-31/h5,7,11,13,32H,1,6,8-10H2,2-4H3/t13-/m0/s1. The predicted octanol–water partition coefficient (Wildman–Crippen LogP) is 1.56. The molecule has 3 aromatic rings. The molecule has 0 aliphatic rings. The number of alkyl halides is 3. The zero-order valence-corrected chi connectivity index (χ0v) is 20.0. The fraction of sp³-hybridized carbons (Fsp3) is 0.476. The molecule has 12 nitrogen and oxygen atoms in total. The van der Waals surface area contributed by atoms with E-state index in [0.717, 1.165) is 10.8 Å². The molecule has 0 aliphatic carbocycles. The number of methoxy groups -OCH3 is 2. The van der Waals surface area contributed by atoms with Crippen LogP contribution in [0.25, 0.3) is 16.6 Å². The van der Waals surface area contributed by atoms with Crippen molar-refractivity contribution < 1.29 is 41.6 Å². The number of hydrogen-bond acceptors (Lipinski definition) is 10. The number of aliphatic hydroxyl groups excluding tert-OH is 1. The fourth-order valence-electron chi connectivity index (χ4n) is 3.40. The van der Waals surface area contributed by atoms with Gasteiger partial charge in [0, 0.05) is 20.8 Å². The first-order valence-electron chi connectivity index (χ1n) is 10.8. The van der Waals surface area contributed by atoms with Gasteiger partial charge in [-0.1, -0.05) is 6.58 Å². The number of rotatable bonds is 12. The quantitative estimate of drug-likeness (QED) is 0.270. The van der Waals surface area contributed by atoms with Crippen molar-refractivity contribution in [3.63, 3.8) is 0 Å². The summed E-state index contributed by atoms with van der Waals surface area (Å²) in [4.78, 5) is 16.7. The minimum Gasteiger partial charge on any atom is -0.468 e. The van der Waals surface area contributed by atoms with Crippen LogP contribution in [0.2, 0.25) is 0 Å². The van der Waals surface area contributed by atoms with Crippen molar-refractivity contribution in [2.45, 2.75) is 38.5 Å². The molecule has 0 aromatic carbocycles. The van der Waals surface area contributed by atoms with E-state index >= 15 is 4.39 Å². The van der Waals surface area contributed by atoms with Gasteiger partial charge in [-0.15, -0.1) is 10.2 Å². The number of pyridine rings is 1. The van der Waals surface area contributed by atoms with Crippen LogP contribution in [0.15, 0.2) is 23.6 Å². The molecule has 1 N–H and O–H groups in total. The van der Waals surface area contributed by atoms with Crippen molar-refractivity contribution in [3.8, 4) is 17.6 Å². The van der Waals surface area contributed by atoms with E-state index in [0.29, 0.717) is 10.8 Å². The van der Waals surface area contributed by atoms with Crippen LogP contribution in [0.3, 0.4) is 0 Å². The average Bonchev–Trinajstić information content (AvgIpc) is 3.18. The Kier molecular flexibility index (Phi) is 8.77. The molecule has 3 aromatic heterocycles. The van der Waals surface area contributed by atoms with E-state index in [1.807, 2.05) is 0 Å². The van der Waals surface area contributed by atoms with Gasteiger partial charge >= 0.3 is 11.9 Å². The van der Waals surface area contributed by atoms with Gasteiger partial charge in [0.05, 0.1) is 24.8 Å². The molecule has 0 aliphatic heterocycles. The van der Waals surface area contributed by atoms with Crippen LogP contribution in [0.1, 0.15) is 12.7 Å². The Balaban J connectivity index is 2.32. The largest absolute Gasteiger partial charge is 0.468 e. The van der Waals surface area contributed by atoms with Crippen molar-refractivity contribution >= 4 is 10.8 Å². The number of halogens is 4. The summed E-state index contributed by atoms with van der Waals surface area (Å²) in [5, 5.41) is 20.0. The van der Waals surface area contributed by atoms with Crippen molar-refractivity contribution in [1.29, 1.82) is 0 Å². The maximum Gasteiger partial charge on any atom is 0.429 e. The predicted molar refractivity (Wildman–Crippen MR) is 119 cm³/mol. The summed E-state index contributed by atoms with van der Waals surface area (Å²) >= 11 is 0. The molecular formula is C21H24F4N6O6. The van der Waals surface area contributed by atoms with Crippen LogP contribution in [0.5, 0.6) is 11.8 Å². The Morgan fingerprint density at radius 1 is 1.19 bits per heavy atom. The van der Waals surface area contributed by atoms with Crippen molar-refractivity contribution in [2.24, 2.45) is 0 Å². The molecular weight excluding hydrogens is 508 g/mol. The minimum atomic E-state index is -4.91. The lowest BCUT2D eigenvalue weighted by atomic mass is 10.2. The van der Waals surface area contributed by atoms with E-state index in [4.69, 9.17) is 18.9 Å². The van der Waals surface area contributed by atoms with Gasteiger partial charge in [-0.2, -0.15) is 27.9 Å². The normalized spacial score (nSPS) is 12.8. The molecule has 202 valence electrons.